The van der Waals surface area contributed by atoms with E-state index in [2.05, 4.69) is 0 Å². The lowest BCUT2D eigenvalue weighted by Gasteiger charge is -2.09. The Hall–Kier alpha value is -0.120. The highest BCUT2D eigenvalue weighted by Crippen LogP contribution is 2.49. The van der Waals surface area contributed by atoms with Crippen LogP contribution < -0.4 is 0 Å². The molecule has 0 aliphatic heterocycles. The average Bonchev–Trinajstić information content (AvgIpc) is 1.78. The van der Waals surface area contributed by atoms with Crippen molar-refractivity contribution in [3.8, 4) is 0 Å². The van der Waals surface area contributed by atoms with E-state index in [4.69, 9.17) is 0 Å². The quantitative estimate of drug-likeness (QED) is 0.670. The monoisotopic (exact) mass is 264 g/mol. The maximum atomic E-state index is 11.6. The predicted molar refractivity (Wildman–Crippen MR) is 36.5 cm³/mol. The van der Waals surface area contributed by atoms with Crippen LogP contribution in [0.1, 0.15) is 0 Å². The third kappa shape index (κ3) is 7.30. The van der Waals surface area contributed by atoms with E-state index < -0.39 is 44.9 Å². The van der Waals surface area contributed by atoms with Crippen LogP contribution in [0.5, 0.6) is 0 Å². The first-order valence-corrected chi connectivity index (χ1v) is 4.21. The first-order chi connectivity index (χ1) is 6.01. The molecular formula is C4F8S2. The molecule has 0 aromatic heterocycles. The van der Waals surface area contributed by atoms with Gasteiger partial charge in [0.05, 0.1) is 0 Å². The molecule has 0 aliphatic rings. The van der Waals surface area contributed by atoms with Crippen molar-refractivity contribution in [2.24, 2.45) is 0 Å². The Labute approximate surface area is 80.7 Å². The van der Waals surface area contributed by atoms with E-state index in [0.29, 0.717) is 0 Å². The second kappa shape index (κ2) is 4.60. The van der Waals surface area contributed by atoms with Crippen molar-refractivity contribution < 1.29 is 35.1 Å². The number of thioether (sulfide) groups is 2. The zero-order chi connectivity index (χ0) is 11.6. The summed E-state index contributed by atoms with van der Waals surface area (Å²) < 4.78 is 89.8. The minimum atomic E-state index is -5.17. The first-order valence-electron chi connectivity index (χ1n) is 2.58. The highest BCUT2D eigenvalue weighted by Gasteiger charge is 2.39. The summed E-state index contributed by atoms with van der Waals surface area (Å²) in [6.07, 6.45) is -3.00. The summed E-state index contributed by atoms with van der Waals surface area (Å²) in [5, 5.41) is 0. The van der Waals surface area contributed by atoms with Gasteiger partial charge in [0.2, 0.25) is 0 Å². The third-order valence-electron chi connectivity index (χ3n) is 0.571. The molecule has 84 valence electrons. The topological polar surface area (TPSA) is 0 Å². The summed E-state index contributed by atoms with van der Waals surface area (Å²) in [5.41, 5.74) is -10.3. The molecule has 14 heavy (non-hydrogen) atoms. The van der Waals surface area contributed by atoms with E-state index >= 15 is 0 Å². The molecule has 0 spiro atoms. The molecule has 0 bridgehead atoms. The Morgan fingerprint density at radius 3 is 1.14 bits per heavy atom. The van der Waals surface area contributed by atoms with E-state index in [1.165, 1.54) is 0 Å². The molecule has 0 atom stereocenters. The summed E-state index contributed by atoms with van der Waals surface area (Å²) in [6, 6.07) is 0. The Balaban J connectivity index is 4.59. The smallest absolute Gasteiger partial charge is 0.172 e. The van der Waals surface area contributed by atoms with Crippen molar-refractivity contribution in [3.63, 3.8) is 0 Å². The van der Waals surface area contributed by atoms with Crippen LogP contribution in [-0.4, -0.2) is 11.0 Å². The molecule has 0 aromatic carbocycles. The zero-order valence-corrected chi connectivity index (χ0v) is 7.47. The van der Waals surface area contributed by atoms with Crippen LogP contribution in [0, 0.1) is 0 Å². The molecule has 0 nitrogen and oxygen atoms in total. The molecule has 0 unspecified atom stereocenters. The van der Waals surface area contributed by atoms with Gasteiger partial charge in [0.25, 0.3) is 6.08 Å². The molecule has 0 N–H and O–H groups in total. The number of hydrogen-bond acceptors (Lipinski definition) is 2. The van der Waals surface area contributed by atoms with Crippen LogP contribution >= 0.6 is 23.5 Å². The summed E-state index contributed by atoms with van der Waals surface area (Å²) in [5.74, 6) is 0. The van der Waals surface area contributed by atoms with Crippen LogP contribution in [0.3, 0.4) is 0 Å². The fourth-order valence-electron chi connectivity index (χ4n) is 0.308. The minimum absolute atomic E-state index is 1.49. The van der Waals surface area contributed by atoms with Gasteiger partial charge < -0.3 is 0 Å². The summed E-state index contributed by atoms with van der Waals surface area (Å²) in [7, 11) is 0. The highest BCUT2D eigenvalue weighted by molar-refractivity contribution is 8.23. The van der Waals surface area contributed by atoms with Crippen molar-refractivity contribution in [2.75, 3.05) is 0 Å². The van der Waals surface area contributed by atoms with Crippen LogP contribution in [0.25, 0.3) is 0 Å². The summed E-state index contributed by atoms with van der Waals surface area (Å²) in [4.78, 5) is 0. The standard InChI is InChI=1S/C4F8S2/c5-1(6)2(13-3(7,8)9)14-4(10,11)12. The summed E-state index contributed by atoms with van der Waals surface area (Å²) >= 11 is -2.98. The Morgan fingerprint density at radius 2 is 1.00 bits per heavy atom. The van der Waals surface area contributed by atoms with Crippen LogP contribution in [0.2, 0.25) is 0 Å². The average molecular weight is 264 g/mol. The van der Waals surface area contributed by atoms with Gasteiger partial charge >= 0.3 is 11.0 Å². The van der Waals surface area contributed by atoms with Gasteiger partial charge in [0, 0.05) is 0 Å². The van der Waals surface area contributed by atoms with E-state index in [1.807, 2.05) is 0 Å². The fraction of sp³-hybridized carbons (Fsp3) is 0.500. The van der Waals surface area contributed by atoms with Crippen LogP contribution in [0.4, 0.5) is 35.1 Å². The van der Waals surface area contributed by atoms with Gasteiger partial charge in [-0.05, 0) is 23.5 Å². The predicted octanol–water partition coefficient (Wildman–Crippen LogP) is 4.56. The minimum Gasteiger partial charge on any atom is -0.172 e. The van der Waals surface area contributed by atoms with Gasteiger partial charge in [-0.1, -0.05) is 0 Å². The second-order valence-electron chi connectivity index (χ2n) is 1.64. The Kier molecular flexibility index (Phi) is 4.56. The molecule has 0 saturated heterocycles. The van der Waals surface area contributed by atoms with Gasteiger partial charge in [0.1, 0.15) is 4.24 Å². The van der Waals surface area contributed by atoms with Gasteiger partial charge in [-0.25, -0.2) is 0 Å². The van der Waals surface area contributed by atoms with Crippen molar-refractivity contribution >= 4 is 23.5 Å². The van der Waals surface area contributed by atoms with Gasteiger partial charge in [-0.2, -0.15) is 35.1 Å². The molecular weight excluding hydrogens is 264 g/mol. The largest absolute Gasteiger partial charge is 0.447 e. The van der Waals surface area contributed by atoms with Gasteiger partial charge in [-0.15, -0.1) is 0 Å². The lowest BCUT2D eigenvalue weighted by molar-refractivity contribution is -0.0329. The van der Waals surface area contributed by atoms with E-state index in [-0.39, 0.29) is 0 Å². The normalized spacial score (nSPS) is 12.9. The van der Waals surface area contributed by atoms with Crippen molar-refractivity contribution in [1.82, 2.24) is 0 Å². The Bertz CT molecular complexity index is 202. The van der Waals surface area contributed by atoms with E-state index in [0.717, 1.165) is 0 Å². The van der Waals surface area contributed by atoms with Crippen LogP contribution in [0.15, 0.2) is 10.3 Å². The molecule has 0 fully saturated rings. The molecule has 0 saturated carbocycles. The maximum Gasteiger partial charge on any atom is 0.447 e. The maximum absolute atomic E-state index is 11.6. The first kappa shape index (κ1) is 13.9. The Morgan fingerprint density at radius 1 is 0.714 bits per heavy atom. The summed E-state index contributed by atoms with van der Waals surface area (Å²) in [6.45, 7) is 0. The molecule has 0 aromatic rings. The van der Waals surface area contributed by atoms with Crippen LogP contribution in [-0.2, 0) is 0 Å². The lowest BCUT2D eigenvalue weighted by Crippen LogP contribution is -2.04. The second-order valence-corrected chi connectivity index (χ2v) is 4.05. The van der Waals surface area contributed by atoms with Crippen molar-refractivity contribution in [1.29, 1.82) is 0 Å². The lowest BCUT2D eigenvalue weighted by atomic mass is 11.1. The van der Waals surface area contributed by atoms with Crippen molar-refractivity contribution in [3.05, 3.63) is 10.3 Å². The van der Waals surface area contributed by atoms with Crippen molar-refractivity contribution in [2.45, 2.75) is 11.0 Å². The molecule has 0 rings (SSSR count). The number of halogens is 8. The number of alkyl halides is 6. The molecule has 0 aliphatic carbocycles. The van der Waals surface area contributed by atoms with E-state index in [9.17, 15) is 35.1 Å². The molecule has 0 amide bonds. The number of rotatable bonds is 2. The molecule has 0 radical (unpaired) electrons. The SMILES string of the molecule is FC(F)=C(SC(F)(F)F)SC(F)(F)F. The third-order valence-corrected chi connectivity index (χ3v) is 2.21. The molecule has 0 heterocycles. The van der Waals surface area contributed by atoms with E-state index in [1.54, 1.807) is 0 Å². The van der Waals surface area contributed by atoms with Gasteiger partial charge in [-0.3, -0.25) is 0 Å². The molecule has 10 heteroatoms. The van der Waals surface area contributed by atoms with Gasteiger partial charge in [0.15, 0.2) is 0 Å². The fourth-order valence-corrected chi connectivity index (χ4v) is 1.62. The highest BCUT2D eigenvalue weighted by atomic mass is 32.2. The zero-order valence-electron chi connectivity index (χ0n) is 5.84. The number of hydrogen-bond donors (Lipinski definition) is 0.